The number of aromatic nitrogens is 4. The van der Waals surface area contributed by atoms with E-state index < -0.39 is 0 Å². The molecule has 1 saturated carbocycles. The average Bonchev–Trinajstić information content (AvgIpc) is 2.97. The van der Waals surface area contributed by atoms with Crippen LogP contribution in [0.5, 0.6) is 6.01 Å². The van der Waals surface area contributed by atoms with E-state index in [0.717, 1.165) is 30.9 Å². The summed E-state index contributed by atoms with van der Waals surface area (Å²) in [4.78, 5) is 19.6. The molecule has 3 heterocycles. The van der Waals surface area contributed by atoms with Gasteiger partial charge in [0.1, 0.15) is 18.2 Å². The van der Waals surface area contributed by atoms with E-state index >= 15 is 0 Å². The first-order chi connectivity index (χ1) is 11.3. The van der Waals surface area contributed by atoms with Gasteiger partial charge in [-0.3, -0.25) is 0 Å². The van der Waals surface area contributed by atoms with Crippen molar-refractivity contribution in [3.8, 4) is 6.01 Å². The molecule has 1 aliphatic heterocycles. The van der Waals surface area contributed by atoms with Crippen LogP contribution in [0.25, 0.3) is 0 Å². The molecule has 2 aliphatic rings. The van der Waals surface area contributed by atoms with Crippen LogP contribution >= 0.6 is 0 Å². The van der Waals surface area contributed by atoms with Gasteiger partial charge in [0.2, 0.25) is 0 Å². The van der Waals surface area contributed by atoms with Crippen molar-refractivity contribution in [2.75, 3.05) is 18.0 Å². The van der Waals surface area contributed by atoms with Crippen molar-refractivity contribution in [1.82, 2.24) is 19.9 Å². The Morgan fingerprint density at radius 2 is 1.91 bits per heavy atom. The van der Waals surface area contributed by atoms with Gasteiger partial charge in [-0.1, -0.05) is 6.42 Å². The van der Waals surface area contributed by atoms with Gasteiger partial charge < -0.3 is 9.64 Å². The second kappa shape index (κ2) is 6.10. The summed E-state index contributed by atoms with van der Waals surface area (Å²) >= 11 is 0. The van der Waals surface area contributed by atoms with Gasteiger partial charge in [0, 0.05) is 43.0 Å². The summed E-state index contributed by atoms with van der Waals surface area (Å²) < 4.78 is 5.88. The highest BCUT2D eigenvalue weighted by Crippen LogP contribution is 2.36. The monoisotopic (exact) mass is 311 g/mol. The molecule has 0 aromatic carbocycles. The van der Waals surface area contributed by atoms with Crippen LogP contribution in [-0.2, 0) is 0 Å². The van der Waals surface area contributed by atoms with E-state index in [2.05, 4.69) is 30.9 Å². The van der Waals surface area contributed by atoms with Crippen molar-refractivity contribution >= 4 is 5.82 Å². The first-order valence-corrected chi connectivity index (χ1v) is 8.30. The van der Waals surface area contributed by atoms with Crippen molar-refractivity contribution in [1.29, 1.82) is 0 Å². The van der Waals surface area contributed by atoms with Gasteiger partial charge in [-0.2, -0.15) is 0 Å². The van der Waals surface area contributed by atoms with Gasteiger partial charge >= 0.3 is 6.01 Å². The van der Waals surface area contributed by atoms with Crippen LogP contribution in [0, 0.1) is 6.92 Å². The molecule has 120 valence electrons. The third-order valence-electron chi connectivity index (χ3n) is 4.70. The largest absolute Gasteiger partial charge is 0.458 e. The summed E-state index contributed by atoms with van der Waals surface area (Å²) in [6.45, 7) is 3.73. The number of anilines is 1. The number of rotatable bonds is 4. The standard InChI is InChI=1S/C17H21N5O/c1-12-8-18-17(19-9-12)23-14-5-6-22(10-14)16-7-15(20-11-21-16)13-3-2-4-13/h7-9,11,13-14H,2-6,10H2,1H3. The smallest absolute Gasteiger partial charge is 0.316 e. The molecule has 6 nitrogen and oxygen atoms in total. The fourth-order valence-corrected chi connectivity index (χ4v) is 3.08. The Balaban J connectivity index is 1.40. The lowest BCUT2D eigenvalue weighted by Gasteiger charge is -2.26. The minimum absolute atomic E-state index is 0.111. The number of nitrogens with zero attached hydrogens (tertiary/aromatic N) is 5. The molecule has 0 spiro atoms. The molecule has 1 unspecified atom stereocenters. The van der Waals surface area contributed by atoms with Gasteiger partial charge in [0.25, 0.3) is 0 Å². The van der Waals surface area contributed by atoms with Gasteiger partial charge in [0.15, 0.2) is 0 Å². The van der Waals surface area contributed by atoms with Crippen molar-refractivity contribution in [3.05, 3.63) is 36.0 Å². The van der Waals surface area contributed by atoms with E-state index in [9.17, 15) is 0 Å². The van der Waals surface area contributed by atoms with Crippen LogP contribution in [0.4, 0.5) is 5.82 Å². The van der Waals surface area contributed by atoms with Crippen LogP contribution in [0.3, 0.4) is 0 Å². The van der Waals surface area contributed by atoms with Crippen LogP contribution in [-0.4, -0.2) is 39.1 Å². The summed E-state index contributed by atoms with van der Waals surface area (Å²) in [6.07, 6.45) is 10.2. The highest BCUT2D eigenvalue weighted by atomic mass is 16.5. The molecule has 2 aromatic rings. The van der Waals surface area contributed by atoms with E-state index in [0.29, 0.717) is 11.9 Å². The van der Waals surface area contributed by atoms with E-state index in [4.69, 9.17) is 4.74 Å². The Bertz CT molecular complexity index is 671. The molecule has 1 aliphatic carbocycles. The third-order valence-corrected chi connectivity index (χ3v) is 4.70. The van der Waals surface area contributed by atoms with Crippen LogP contribution in [0.1, 0.15) is 42.9 Å². The Morgan fingerprint density at radius 3 is 2.65 bits per heavy atom. The highest BCUT2D eigenvalue weighted by molar-refractivity contribution is 5.41. The van der Waals surface area contributed by atoms with Gasteiger partial charge in [-0.25, -0.2) is 19.9 Å². The molecule has 6 heteroatoms. The lowest BCUT2D eigenvalue weighted by atomic mass is 9.83. The molecule has 2 fully saturated rings. The normalized spacial score (nSPS) is 21.3. The second-order valence-electron chi connectivity index (χ2n) is 6.45. The van der Waals surface area contributed by atoms with Crippen molar-refractivity contribution < 1.29 is 4.74 Å². The maximum absolute atomic E-state index is 5.88. The number of aryl methyl sites for hydroxylation is 1. The van der Waals surface area contributed by atoms with Crippen molar-refractivity contribution in [2.45, 2.75) is 44.6 Å². The van der Waals surface area contributed by atoms with E-state index in [-0.39, 0.29) is 6.10 Å². The summed E-state index contributed by atoms with van der Waals surface area (Å²) in [7, 11) is 0. The first kappa shape index (κ1) is 14.4. The maximum Gasteiger partial charge on any atom is 0.316 e. The summed E-state index contributed by atoms with van der Waals surface area (Å²) in [5, 5.41) is 0. The van der Waals surface area contributed by atoms with Crippen LogP contribution < -0.4 is 9.64 Å². The Labute approximate surface area is 136 Å². The van der Waals surface area contributed by atoms with E-state index in [1.54, 1.807) is 18.7 Å². The number of hydrogen-bond acceptors (Lipinski definition) is 6. The maximum atomic E-state index is 5.88. The molecule has 23 heavy (non-hydrogen) atoms. The minimum Gasteiger partial charge on any atom is -0.458 e. The van der Waals surface area contributed by atoms with Crippen LogP contribution in [0.2, 0.25) is 0 Å². The fraction of sp³-hybridized carbons (Fsp3) is 0.529. The summed E-state index contributed by atoms with van der Waals surface area (Å²) in [5.41, 5.74) is 2.22. The molecule has 1 saturated heterocycles. The zero-order valence-electron chi connectivity index (χ0n) is 13.4. The molecule has 0 N–H and O–H groups in total. The van der Waals surface area contributed by atoms with Crippen LogP contribution in [0.15, 0.2) is 24.8 Å². The molecule has 0 radical (unpaired) electrons. The first-order valence-electron chi connectivity index (χ1n) is 8.30. The molecule has 0 bridgehead atoms. The lowest BCUT2D eigenvalue weighted by molar-refractivity contribution is 0.206. The molecule has 1 atom stereocenters. The summed E-state index contributed by atoms with van der Waals surface area (Å²) in [6, 6.07) is 2.61. The van der Waals surface area contributed by atoms with E-state index in [1.807, 2.05) is 6.92 Å². The fourth-order valence-electron chi connectivity index (χ4n) is 3.08. The Morgan fingerprint density at radius 1 is 1.09 bits per heavy atom. The Kier molecular flexibility index (Phi) is 3.81. The highest BCUT2D eigenvalue weighted by Gasteiger charge is 2.27. The van der Waals surface area contributed by atoms with Crippen molar-refractivity contribution in [2.24, 2.45) is 0 Å². The van der Waals surface area contributed by atoms with Gasteiger partial charge in [-0.05, 0) is 25.3 Å². The predicted molar refractivity (Wildman–Crippen MR) is 86.6 cm³/mol. The average molecular weight is 311 g/mol. The summed E-state index contributed by atoms with van der Waals surface area (Å²) in [5.74, 6) is 1.64. The minimum atomic E-state index is 0.111. The SMILES string of the molecule is Cc1cnc(OC2CCN(c3cc(C4CCC4)ncn3)C2)nc1. The Hall–Kier alpha value is -2.24. The zero-order valence-corrected chi connectivity index (χ0v) is 13.4. The van der Waals surface area contributed by atoms with Gasteiger partial charge in [-0.15, -0.1) is 0 Å². The topological polar surface area (TPSA) is 64.0 Å². The second-order valence-corrected chi connectivity index (χ2v) is 6.45. The lowest BCUT2D eigenvalue weighted by Crippen LogP contribution is -2.26. The number of hydrogen-bond donors (Lipinski definition) is 0. The molecule has 4 rings (SSSR count). The van der Waals surface area contributed by atoms with Gasteiger partial charge in [0.05, 0.1) is 6.54 Å². The molecule has 2 aromatic heterocycles. The third kappa shape index (κ3) is 3.11. The number of ether oxygens (including phenoxy) is 1. The molecule has 0 amide bonds. The predicted octanol–water partition coefficient (Wildman–Crippen LogP) is 2.50. The van der Waals surface area contributed by atoms with E-state index in [1.165, 1.54) is 25.0 Å². The van der Waals surface area contributed by atoms with Crippen molar-refractivity contribution in [3.63, 3.8) is 0 Å². The molecular weight excluding hydrogens is 290 g/mol. The quantitative estimate of drug-likeness (QED) is 0.864. The zero-order chi connectivity index (χ0) is 15.6. The molecular formula is C17H21N5O.